The maximum Gasteiger partial charge on any atom is -0.0305 e. The van der Waals surface area contributed by atoms with Crippen LogP contribution >= 0.6 is 0 Å². The van der Waals surface area contributed by atoms with E-state index in [0.717, 1.165) is 19.3 Å². The van der Waals surface area contributed by atoms with E-state index in [1.807, 2.05) is 0 Å². The Labute approximate surface area is 174 Å². The molecule has 152 valence electrons. The van der Waals surface area contributed by atoms with E-state index >= 15 is 0 Å². The lowest BCUT2D eigenvalue weighted by Gasteiger charge is -1.98. The molecule has 0 radical (unpaired) electrons. The molecule has 28 heavy (non-hydrogen) atoms. The summed E-state index contributed by atoms with van der Waals surface area (Å²) in [7, 11) is 0. The third kappa shape index (κ3) is 10.1. The first-order valence-electron chi connectivity index (χ1n) is 10.2. The van der Waals surface area contributed by atoms with Crippen LogP contribution in [0.15, 0.2) is 72.8 Å². The molecule has 0 aliphatic heterocycles. The van der Waals surface area contributed by atoms with Crippen molar-refractivity contribution in [3.05, 3.63) is 106 Å². The van der Waals surface area contributed by atoms with E-state index < -0.39 is 0 Å². The Morgan fingerprint density at radius 1 is 0.536 bits per heavy atom. The van der Waals surface area contributed by atoms with Crippen molar-refractivity contribution in [2.75, 3.05) is 0 Å². The fourth-order valence-corrected chi connectivity index (χ4v) is 2.76. The largest absolute Gasteiger partial charge is 0.0776 e. The van der Waals surface area contributed by atoms with E-state index in [0.29, 0.717) is 0 Å². The summed E-state index contributed by atoms with van der Waals surface area (Å²) in [6.45, 7) is 12.9. The zero-order valence-electron chi connectivity index (χ0n) is 18.0. The molecule has 0 fully saturated rings. The van der Waals surface area contributed by atoms with Gasteiger partial charge in [0.25, 0.3) is 0 Å². The summed E-state index contributed by atoms with van der Waals surface area (Å²) in [6.07, 6.45) is 3.43. The Morgan fingerprint density at radius 2 is 1.14 bits per heavy atom. The summed E-state index contributed by atoms with van der Waals surface area (Å²) in [5.41, 5.74) is 8.40. The average molecular weight is 377 g/mol. The minimum atomic E-state index is 0. The molecule has 0 saturated carbocycles. The SMILES string of the molecule is C.CCc1ccc(C)cc1.CCc1cccc(C)c1.CCc1ccccc1C. The van der Waals surface area contributed by atoms with E-state index in [4.69, 9.17) is 0 Å². The predicted molar refractivity (Wildman–Crippen MR) is 128 cm³/mol. The summed E-state index contributed by atoms with van der Waals surface area (Å²) in [5.74, 6) is 0. The van der Waals surface area contributed by atoms with E-state index in [2.05, 4.69) is 114 Å². The second kappa shape index (κ2) is 14.7. The monoisotopic (exact) mass is 376 g/mol. The van der Waals surface area contributed by atoms with Crippen molar-refractivity contribution in [2.24, 2.45) is 0 Å². The van der Waals surface area contributed by atoms with Crippen molar-refractivity contribution in [1.29, 1.82) is 0 Å². The third-order valence-electron chi connectivity index (χ3n) is 4.66. The first kappa shape index (κ1) is 25.7. The van der Waals surface area contributed by atoms with Gasteiger partial charge >= 0.3 is 0 Å². The summed E-state index contributed by atoms with van der Waals surface area (Å²) < 4.78 is 0. The number of rotatable bonds is 3. The molecule has 0 aliphatic carbocycles. The molecule has 0 spiro atoms. The lowest BCUT2D eigenvalue weighted by Crippen LogP contribution is -1.82. The van der Waals surface area contributed by atoms with Crippen molar-refractivity contribution < 1.29 is 0 Å². The minimum Gasteiger partial charge on any atom is -0.0776 e. The predicted octanol–water partition coefficient (Wildman–Crippen LogP) is 8.31. The Kier molecular flexibility index (Phi) is 13.5. The van der Waals surface area contributed by atoms with Gasteiger partial charge in [0.05, 0.1) is 0 Å². The molecular formula is C28H40. The minimum absolute atomic E-state index is 0. The van der Waals surface area contributed by atoms with Gasteiger partial charge in [-0.3, -0.25) is 0 Å². The zero-order valence-corrected chi connectivity index (χ0v) is 18.0. The van der Waals surface area contributed by atoms with E-state index in [-0.39, 0.29) is 7.43 Å². The van der Waals surface area contributed by atoms with E-state index in [1.165, 1.54) is 33.4 Å². The lowest BCUT2D eigenvalue weighted by atomic mass is 10.1. The number of aryl methyl sites for hydroxylation is 6. The van der Waals surface area contributed by atoms with Crippen molar-refractivity contribution in [3.63, 3.8) is 0 Å². The van der Waals surface area contributed by atoms with Crippen LogP contribution in [0.2, 0.25) is 0 Å². The lowest BCUT2D eigenvalue weighted by molar-refractivity contribution is 1.11. The molecule has 0 aliphatic rings. The Balaban J connectivity index is 0.000000384. The van der Waals surface area contributed by atoms with Gasteiger partial charge in [0.1, 0.15) is 0 Å². The van der Waals surface area contributed by atoms with Gasteiger partial charge in [-0.15, -0.1) is 0 Å². The normalized spacial score (nSPS) is 9.21. The van der Waals surface area contributed by atoms with Gasteiger partial charge in [0.15, 0.2) is 0 Å². The highest BCUT2D eigenvalue weighted by Gasteiger charge is 1.89. The maximum absolute atomic E-state index is 2.22. The molecule has 0 heteroatoms. The Hall–Kier alpha value is -2.34. The van der Waals surface area contributed by atoms with Crippen molar-refractivity contribution in [3.8, 4) is 0 Å². The highest BCUT2D eigenvalue weighted by molar-refractivity contribution is 5.25. The van der Waals surface area contributed by atoms with Crippen molar-refractivity contribution in [1.82, 2.24) is 0 Å². The quantitative estimate of drug-likeness (QED) is 0.431. The van der Waals surface area contributed by atoms with E-state index in [9.17, 15) is 0 Å². The Bertz CT molecular complexity index is 766. The third-order valence-corrected chi connectivity index (χ3v) is 4.66. The fraction of sp³-hybridized carbons (Fsp3) is 0.357. The summed E-state index contributed by atoms with van der Waals surface area (Å²) in [4.78, 5) is 0. The van der Waals surface area contributed by atoms with E-state index in [1.54, 1.807) is 0 Å². The average Bonchev–Trinajstić information content (AvgIpc) is 2.70. The molecule has 0 saturated heterocycles. The first-order valence-corrected chi connectivity index (χ1v) is 10.2. The molecule has 0 bridgehead atoms. The van der Waals surface area contributed by atoms with Crippen LogP contribution in [0.1, 0.15) is 61.6 Å². The molecule has 3 aromatic carbocycles. The second-order valence-electron chi connectivity index (χ2n) is 6.96. The van der Waals surface area contributed by atoms with Gasteiger partial charge in [-0.1, -0.05) is 112 Å². The first-order chi connectivity index (χ1) is 13.0. The summed E-state index contributed by atoms with van der Waals surface area (Å²) >= 11 is 0. The van der Waals surface area contributed by atoms with Gasteiger partial charge in [0, 0.05) is 0 Å². The topological polar surface area (TPSA) is 0 Å². The molecule has 0 atom stereocenters. The molecule has 0 unspecified atom stereocenters. The van der Waals surface area contributed by atoms with Gasteiger partial charge in [-0.2, -0.15) is 0 Å². The fourth-order valence-electron chi connectivity index (χ4n) is 2.76. The van der Waals surface area contributed by atoms with Crippen LogP contribution in [-0.2, 0) is 19.3 Å². The molecule has 0 heterocycles. The number of benzene rings is 3. The molecule has 0 aromatic heterocycles. The molecule has 0 amide bonds. The van der Waals surface area contributed by atoms with Crippen LogP contribution in [0.4, 0.5) is 0 Å². The molecule has 0 nitrogen and oxygen atoms in total. The smallest absolute Gasteiger partial charge is 0.0305 e. The van der Waals surface area contributed by atoms with Crippen LogP contribution in [0.5, 0.6) is 0 Å². The molecule has 0 N–H and O–H groups in total. The van der Waals surface area contributed by atoms with Gasteiger partial charge in [-0.25, -0.2) is 0 Å². The highest BCUT2D eigenvalue weighted by Crippen LogP contribution is 2.06. The summed E-state index contributed by atoms with van der Waals surface area (Å²) in [6, 6.07) is 25.8. The van der Waals surface area contributed by atoms with Gasteiger partial charge in [-0.05, 0) is 62.3 Å². The van der Waals surface area contributed by atoms with Gasteiger partial charge in [0.2, 0.25) is 0 Å². The van der Waals surface area contributed by atoms with Crippen LogP contribution in [-0.4, -0.2) is 0 Å². The zero-order chi connectivity index (χ0) is 20.1. The molecule has 3 aromatic rings. The van der Waals surface area contributed by atoms with Crippen LogP contribution in [0, 0.1) is 20.8 Å². The summed E-state index contributed by atoms with van der Waals surface area (Å²) in [5, 5.41) is 0. The molecular weight excluding hydrogens is 336 g/mol. The number of hydrogen-bond donors (Lipinski definition) is 0. The van der Waals surface area contributed by atoms with Crippen LogP contribution < -0.4 is 0 Å². The second-order valence-corrected chi connectivity index (χ2v) is 6.96. The highest BCUT2D eigenvalue weighted by atomic mass is 14.0. The van der Waals surface area contributed by atoms with Crippen LogP contribution in [0.3, 0.4) is 0 Å². The van der Waals surface area contributed by atoms with Crippen molar-refractivity contribution >= 4 is 0 Å². The standard InChI is InChI=1S/3C9H12.CH4/c1-3-9-6-4-8(2)5-7-9;1-3-9-6-4-5-8(2)7-9;1-3-9-7-5-4-6-8(9)2;/h3*4-7H,3H2,1-2H3;1H4. The van der Waals surface area contributed by atoms with Crippen LogP contribution in [0.25, 0.3) is 0 Å². The molecule has 3 rings (SSSR count). The number of hydrogen-bond acceptors (Lipinski definition) is 0. The Morgan fingerprint density at radius 3 is 1.57 bits per heavy atom. The van der Waals surface area contributed by atoms with Crippen molar-refractivity contribution in [2.45, 2.75) is 68.2 Å². The van der Waals surface area contributed by atoms with Gasteiger partial charge < -0.3 is 0 Å². The maximum atomic E-state index is 2.22.